The summed E-state index contributed by atoms with van der Waals surface area (Å²) in [7, 11) is 0. The Hall–Kier alpha value is -3.42. The summed E-state index contributed by atoms with van der Waals surface area (Å²) in [5.41, 5.74) is 6.08. The van der Waals surface area contributed by atoms with E-state index in [4.69, 9.17) is 5.73 Å². The molecule has 0 saturated carbocycles. The number of carbonyl (C=O) groups excluding carboxylic acids is 3. The quantitative estimate of drug-likeness (QED) is 0.802. The van der Waals surface area contributed by atoms with E-state index in [0.717, 1.165) is 0 Å². The first-order valence-electron chi connectivity index (χ1n) is 9.38. The molecule has 2 aromatic carbocycles. The Bertz CT molecular complexity index is 987. The molecule has 0 aliphatic carbocycles. The third-order valence-corrected chi connectivity index (χ3v) is 5.55. The van der Waals surface area contributed by atoms with Crippen molar-refractivity contribution in [1.82, 2.24) is 10.2 Å². The summed E-state index contributed by atoms with van der Waals surface area (Å²) in [6, 6.07) is 12.9. The molecule has 4 rings (SSSR count). The van der Waals surface area contributed by atoms with E-state index in [0.29, 0.717) is 29.9 Å². The van der Waals surface area contributed by atoms with E-state index in [-0.39, 0.29) is 31.4 Å². The summed E-state index contributed by atoms with van der Waals surface area (Å²) in [6.45, 7) is 1.35. The van der Waals surface area contributed by atoms with Gasteiger partial charge in [0.1, 0.15) is 5.82 Å². The normalized spacial score (nSPS) is 17.6. The molecule has 7 nitrogen and oxygen atoms in total. The molecule has 0 bridgehead atoms. The Morgan fingerprint density at radius 1 is 1.14 bits per heavy atom. The molecule has 2 saturated heterocycles. The van der Waals surface area contributed by atoms with E-state index in [1.165, 1.54) is 11.0 Å². The minimum Gasteiger partial charge on any atom is -0.369 e. The maximum absolute atomic E-state index is 14.0. The first-order valence-corrected chi connectivity index (χ1v) is 9.38. The first-order chi connectivity index (χ1) is 13.9. The van der Waals surface area contributed by atoms with Crippen molar-refractivity contribution in [3.05, 3.63) is 65.5 Å². The monoisotopic (exact) mass is 396 g/mol. The van der Waals surface area contributed by atoms with Crippen molar-refractivity contribution in [3.63, 3.8) is 0 Å². The molecule has 2 heterocycles. The third kappa shape index (κ3) is 3.41. The lowest BCUT2D eigenvalue weighted by atomic mass is 9.73. The average Bonchev–Trinajstić information content (AvgIpc) is 3.11. The summed E-state index contributed by atoms with van der Waals surface area (Å²) in [5, 5.41) is 2.72. The lowest BCUT2D eigenvalue weighted by Gasteiger charge is -2.48. The van der Waals surface area contributed by atoms with Crippen molar-refractivity contribution in [2.45, 2.75) is 6.42 Å². The molecule has 4 amide bonds. The van der Waals surface area contributed by atoms with Crippen LogP contribution in [0.25, 0.3) is 0 Å². The molecule has 8 heteroatoms. The second-order valence-corrected chi connectivity index (χ2v) is 7.51. The van der Waals surface area contributed by atoms with Crippen LogP contribution in [0, 0.1) is 11.2 Å². The van der Waals surface area contributed by atoms with Crippen LogP contribution in [0.1, 0.15) is 15.9 Å². The summed E-state index contributed by atoms with van der Waals surface area (Å²) < 4.78 is 14.0. The van der Waals surface area contributed by atoms with Crippen LogP contribution >= 0.6 is 0 Å². The summed E-state index contributed by atoms with van der Waals surface area (Å²) in [6.07, 6.45) is 0.146. The molecule has 0 atom stereocenters. The Kier molecular flexibility index (Phi) is 4.70. The molecule has 2 aliphatic rings. The third-order valence-electron chi connectivity index (χ3n) is 5.55. The number of rotatable bonds is 5. The van der Waals surface area contributed by atoms with Gasteiger partial charge >= 0.3 is 6.03 Å². The van der Waals surface area contributed by atoms with Gasteiger partial charge in [0.15, 0.2) is 0 Å². The fourth-order valence-corrected chi connectivity index (χ4v) is 3.90. The predicted octanol–water partition coefficient (Wildman–Crippen LogP) is 1.53. The highest BCUT2D eigenvalue weighted by molar-refractivity contribution is 5.99. The number of hydrogen-bond acceptors (Lipinski definition) is 3. The second kappa shape index (κ2) is 7.20. The largest absolute Gasteiger partial charge is 0.369 e. The number of nitrogens with zero attached hydrogens (tertiary/aromatic N) is 2. The van der Waals surface area contributed by atoms with Gasteiger partial charge in [-0.2, -0.15) is 0 Å². The van der Waals surface area contributed by atoms with Gasteiger partial charge in [0.2, 0.25) is 5.91 Å². The summed E-state index contributed by atoms with van der Waals surface area (Å²) >= 11 is 0. The lowest BCUT2D eigenvalue weighted by Crippen LogP contribution is -2.65. The summed E-state index contributed by atoms with van der Waals surface area (Å²) in [5.74, 6) is -1.20. The smallest absolute Gasteiger partial charge is 0.321 e. The fourth-order valence-electron chi connectivity index (χ4n) is 3.90. The zero-order valence-electron chi connectivity index (χ0n) is 15.7. The number of halogens is 1. The number of nitrogens with one attached hydrogen (secondary N) is 1. The highest BCUT2D eigenvalue weighted by Crippen LogP contribution is 2.36. The topological polar surface area (TPSA) is 95.7 Å². The second-order valence-electron chi connectivity index (χ2n) is 7.51. The van der Waals surface area contributed by atoms with Crippen LogP contribution in [0.15, 0.2) is 48.5 Å². The number of carbonyl (C=O) groups is 3. The summed E-state index contributed by atoms with van der Waals surface area (Å²) in [4.78, 5) is 39.9. The first kappa shape index (κ1) is 18.9. The van der Waals surface area contributed by atoms with Crippen molar-refractivity contribution in [3.8, 4) is 0 Å². The number of anilines is 1. The minimum atomic E-state index is -0.982. The highest BCUT2D eigenvalue weighted by Gasteiger charge is 2.50. The van der Waals surface area contributed by atoms with Crippen LogP contribution in [0.5, 0.6) is 0 Å². The van der Waals surface area contributed by atoms with Crippen LogP contribution in [-0.2, 0) is 11.2 Å². The predicted molar refractivity (Wildman–Crippen MR) is 105 cm³/mol. The molecule has 2 fully saturated rings. The maximum atomic E-state index is 14.0. The van der Waals surface area contributed by atoms with Crippen LogP contribution in [0.4, 0.5) is 14.9 Å². The van der Waals surface area contributed by atoms with Gasteiger partial charge in [0.25, 0.3) is 5.91 Å². The Balaban J connectivity index is 1.49. The molecule has 3 N–H and O–H groups in total. The van der Waals surface area contributed by atoms with Crippen molar-refractivity contribution in [2.75, 3.05) is 31.1 Å². The van der Waals surface area contributed by atoms with Gasteiger partial charge in [-0.15, -0.1) is 0 Å². The van der Waals surface area contributed by atoms with E-state index < -0.39 is 17.1 Å². The molecule has 2 aliphatic heterocycles. The van der Waals surface area contributed by atoms with Crippen molar-refractivity contribution in [1.29, 1.82) is 0 Å². The SMILES string of the molecule is NC(=O)C1(Cc2ccccc2F)CN(C(=O)c2cccc(N3CCNC3=O)c2)C1. The van der Waals surface area contributed by atoms with E-state index in [1.54, 1.807) is 47.4 Å². The zero-order chi connectivity index (χ0) is 20.6. The lowest BCUT2D eigenvalue weighted by molar-refractivity contribution is -0.135. The van der Waals surface area contributed by atoms with Gasteiger partial charge in [-0.25, -0.2) is 9.18 Å². The molecule has 2 aromatic rings. The number of urea groups is 1. The van der Waals surface area contributed by atoms with Crippen molar-refractivity contribution in [2.24, 2.45) is 11.1 Å². The van der Waals surface area contributed by atoms with Gasteiger partial charge < -0.3 is 16.0 Å². The van der Waals surface area contributed by atoms with E-state index >= 15 is 0 Å². The van der Waals surface area contributed by atoms with E-state index in [1.807, 2.05) is 0 Å². The number of nitrogens with two attached hydrogens (primary N) is 1. The number of amides is 4. The zero-order valence-corrected chi connectivity index (χ0v) is 15.7. The standard InChI is InChI=1S/C21H21FN4O3/c22-17-7-2-1-4-15(17)11-21(19(23)28)12-25(13-21)18(27)14-5-3-6-16(10-14)26-9-8-24-20(26)29/h1-7,10H,8-9,11-13H2,(H2,23,28)(H,24,29). The minimum absolute atomic E-state index is 0.129. The van der Waals surface area contributed by atoms with Crippen molar-refractivity contribution >= 4 is 23.5 Å². The molecule has 29 heavy (non-hydrogen) atoms. The Labute approximate surface area is 167 Å². The van der Waals surface area contributed by atoms with Crippen LogP contribution < -0.4 is 16.0 Å². The number of benzene rings is 2. The van der Waals surface area contributed by atoms with Crippen molar-refractivity contribution < 1.29 is 18.8 Å². The van der Waals surface area contributed by atoms with Gasteiger partial charge in [-0.1, -0.05) is 24.3 Å². The molecular weight excluding hydrogens is 375 g/mol. The average molecular weight is 396 g/mol. The van der Waals surface area contributed by atoms with Gasteiger partial charge in [0.05, 0.1) is 5.41 Å². The molecule has 0 unspecified atom stereocenters. The van der Waals surface area contributed by atoms with Gasteiger partial charge in [-0.05, 0) is 36.2 Å². The van der Waals surface area contributed by atoms with E-state index in [9.17, 15) is 18.8 Å². The van der Waals surface area contributed by atoms with Gasteiger partial charge in [-0.3, -0.25) is 14.5 Å². The fraction of sp³-hybridized carbons (Fsp3) is 0.286. The van der Waals surface area contributed by atoms with Crippen LogP contribution in [0.2, 0.25) is 0 Å². The molecule has 150 valence electrons. The highest BCUT2D eigenvalue weighted by atomic mass is 19.1. The van der Waals surface area contributed by atoms with Gasteiger partial charge in [0, 0.05) is 37.4 Å². The van der Waals surface area contributed by atoms with E-state index in [2.05, 4.69) is 5.32 Å². The maximum Gasteiger partial charge on any atom is 0.321 e. The number of likely N-dealkylation sites (tertiary alicyclic amines) is 1. The van der Waals surface area contributed by atoms with Crippen LogP contribution in [-0.4, -0.2) is 48.9 Å². The number of primary amides is 1. The molecule has 0 radical (unpaired) electrons. The molecular formula is C21H21FN4O3. The Morgan fingerprint density at radius 3 is 2.55 bits per heavy atom. The Morgan fingerprint density at radius 2 is 1.90 bits per heavy atom. The molecule has 0 spiro atoms. The number of hydrogen-bond donors (Lipinski definition) is 2. The molecule has 0 aromatic heterocycles. The van der Waals surface area contributed by atoms with Crippen LogP contribution in [0.3, 0.4) is 0 Å².